The van der Waals surface area contributed by atoms with E-state index >= 15 is 0 Å². The van der Waals surface area contributed by atoms with Crippen molar-refractivity contribution >= 4 is 17.5 Å². The molecule has 0 aliphatic carbocycles. The van der Waals surface area contributed by atoms with Gasteiger partial charge in [0.1, 0.15) is 0 Å². The van der Waals surface area contributed by atoms with Crippen LogP contribution >= 0.6 is 11.6 Å². The van der Waals surface area contributed by atoms with Crippen molar-refractivity contribution < 1.29 is 31.1 Å². The molecule has 0 fully saturated rings. The number of alkyl halides is 6. The maximum atomic E-state index is 13.5. The van der Waals surface area contributed by atoms with Crippen molar-refractivity contribution in [2.24, 2.45) is 0 Å². The van der Waals surface area contributed by atoms with Gasteiger partial charge in [-0.25, -0.2) is 0 Å². The fourth-order valence-electron chi connectivity index (χ4n) is 4.02. The maximum absolute atomic E-state index is 13.5. The highest BCUT2D eigenvalue weighted by atomic mass is 35.5. The van der Waals surface area contributed by atoms with Gasteiger partial charge in [0.2, 0.25) is 0 Å². The standard InChI is InChI=1S/C28H21ClF6N2O/c29-25-11-5-4-9-20(25)17-36-12-6-10-24(36)18-37(16-19-7-2-1-3-8-19)26(38)21-13-22(27(30,31)32)15-23(14-21)28(33,34)35/h1-15H,16-18H2. The van der Waals surface area contributed by atoms with Crippen LogP contribution in [0.5, 0.6) is 0 Å². The highest BCUT2D eigenvalue weighted by Crippen LogP contribution is 2.36. The average molecular weight is 551 g/mol. The van der Waals surface area contributed by atoms with E-state index in [1.54, 1.807) is 60.8 Å². The summed E-state index contributed by atoms with van der Waals surface area (Å²) in [6, 6.07) is 20.2. The van der Waals surface area contributed by atoms with E-state index in [-0.39, 0.29) is 19.2 Å². The van der Waals surface area contributed by atoms with E-state index in [1.165, 1.54) is 4.90 Å². The Kier molecular flexibility index (Phi) is 7.87. The third-order valence-corrected chi connectivity index (χ3v) is 6.28. The molecule has 0 aliphatic rings. The van der Waals surface area contributed by atoms with E-state index in [9.17, 15) is 31.1 Å². The smallest absolute Gasteiger partial charge is 0.345 e. The summed E-state index contributed by atoms with van der Waals surface area (Å²) in [5.41, 5.74) is -1.70. The Morgan fingerprint density at radius 1 is 0.763 bits per heavy atom. The average Bonchev–Trinajstić information content (AvgIpc) is 3.30. The first kappa shape index (κ1) is 27.3. The molecule has 0 saturated carbocycles. The van der Waals surface area contributed by atoms with Gasteiger partial charge in [-0.15, -0.1) is 0 Å². The molecule has 0 spiro atoms. The molecule has 38 heavy (non-hydrogen) atoms. The van der Waals surface area contributed by atoms with Crippen LogP contribution in [-0.4, -0.2) is 15.4 Å². The zero-order valence-corrected chi connectivity index (χ0v) is 20.5. The largest absolute Gasteiger partial charge is 0.416 e. The SMILES string of the molecule is O=C(c1cc(C(F)(F)F)cc(C(F)(F)F)c1)N(Cc1ccccc1)Cc1cccn1Cc1ccccc1Cl. The zero-order valence-electron chi connectivity index (χ0n) is 19.7. The Hall–Kier alpha value is -3.72. The summed E-state index contributed by atoms with van der Waals surface area (Å²) in [4.78, 5) is 14.7. The Balaban J connectivity index is 1.72. The number of carbonyl (C=O) groups excluding carboxylic acids is 1. The Labute approximate surface area is 219 Å². The van der Waals surface area contributed by atoms with Gasteiger partial charge in [0, 0.05) is 35.6 Å². The van der Waals surface area contributed by atoms with E-state index in [4.69, 9.17) is 11.6 Å². The number of hydrogen-bond donors (Lipinski definition) is 0. The molecule has 0 radical (unpaired) electrons. The van der Waals surface area contributed by atoms with Gasteiger partial charge in [-0.05, 0) is 47.5 Å². The van der Waals surface area contributed by atoms with E-state index in [1.807, 2.05) is 16.7 Å². The lowest BCUT2D eigenvalue weighted by atomic mass is 10.0. The third-order valence-electron chi connectivity index (χ3n) is 5.91. The van der Waals surface area contributed by atoms with Gasteiger partial charge < -0.3 is 9.47 Å². The van der Waals surface area contributed by atoms with Crippen LogP contribution in [0.1, 0.15) is 38.3 Å². The molecule has 198 valence electrons. The van der Waals surface area contributed by atoms with Crippen LogP contribution in [0.2, 0.25) is 5.02 Å². The van der Waals surface area contributed by atoms with Crippen molar-refractivity contribution in [1.29, 1.82) is 0 Å². The van der Waals surface area contributed by atoms with Gasteiger partial charge in [-0.3, -0.25) is 4.79 Å². The summed E-state index contributed by atoms with van der Waals surface area (Å²) in [7, 11) is 0. The first-order valence-corrected chi connectivity index (χ1v) is 11.8. The molecule has 0 bridgehead atoms. The first-order valence-electron chi connectivity index (χ1n) is 11.4. The second-order valence-corrected chi connectivity index (χ2v) is 9.07. The van der Waals surface area contributed by atoms with Crippen LogP contribution in [-0.2, 0) is 32.0 Å². The minimum atomic E-state index is -5.07. The van der Waals surface area contributed by atoms with Gasteiger partial charge in [-0.2, -0.15) is 26.3 Å². The third kappa shape index (κ3) is 6.58. The molecular formula is C28H21ClF6N2O. The fraction of sp³-hybridized carbons (Fsp3) is 0.179. The number of rotatable bonds is 7. The van der Waals surface area contributed by atoms with Crippen LogP contribution in [0.3, 0.4) is 0 Å². The normalized spacial score (nSPS) is 12.0. The maximum Gasteiger partial charge on any atom is 0.416 e. The molecule has 0 atom stereocenters. The Morgan fingerprint density at radius 2 is 1.37 bits per heavy atom. The Morgan fingerprint density at radius 3 is 1.97 bits per heavy atom. The molecule has 4 rings (SSSR count). The van der Waals surface area contributed by atoms with Crippen LogP contribution in [0.15, 0.2) is 91.1 Å². The molecule has 3 nitrogen and oxygen atoms in total. The van der Waals surface area contributed by atoms with Crippen molar-refractivity contribution in [2.45, 2.75) is 32.0 Å². The zero-order chi connectivity index (χ0) is 27.5. The van der Waals surface area contributed by atoms with Crippen LogP contribution < -0.4 is 0 Å². The minimum Gasteiger partial charge on any atom is -0.345 e. The number of benzene rings is 3. The van der Waals surface area contributed by atoms with Crippen molar-refractivity contribution in [3.8, 4) is 0 Å². The van der Waals surface area contributed by atoms with Gasteiger partial charge >= 0.3 is 12.4 Å². The van der Waals surface area contributed by atoms with Gasteiger partial charge in [0.25, 0.3) is 5.91 Å². The highest BCUT2D eigenvalue weighted by molar-refractivity contribution is 6.31. The summed E-state index contributed by atoms with van der Waals surface area (Å²) in [5, 5.41) is 0.535. The predicted molar refractivity (Wildman–Crippen MR) is 131 cm³/mol. The lowest BCUT2D eigenvalue weighted by Crippen LogP contribution is -2.31. The topological polar surface area (TPSA) is 25.2 Å². The van der Waals surface area contributed by atoms with Crippen LogP contribution in [0, 0.1) is 0 Å². The van der Waals surface area contributed by atoms with Crippen molar-refractivity contribution in [1.82, 2.24) is 9.47 Å². The fourth-order valence-corrected chi connectivity index (χ4v) is 4.21. The number of nitrogens with zero attached hydrogens (tertiary/aromatic N) is 2. The number of halogens is 7. The first-order chi connectivity index (χ1) is 17.9. The number of aromatic nitrogens is 1. The quantitative estimate of drug-likeness (QED) is 0.214. The van der Waals surface area contributed by atoms with E-state index in [2.05, 4.69) is 0 Å². The lowest BCUT2D eigenvalue weighted by molar-refractivity contribution is -0.143. The van der Waals surface area contributed by atoms with Crippen molar-refractivity contribution in [3.63, 3.8) is 0 Å². The van der Waals surface area contributed by atoms with Crippen molar-refractivity contribution in [2.75, 3.05) is 0 Å². The summed E-state index contributed by atoms with van der Waals surface area (Å²) in [5.74, 6) is -0.962. The molecule has 0 N–H and O–H groups in total. The number of hydrogen-bond acceptors (Lipinski definition) is 1. The number of amides is 1. The van der Waals surface area contributed by atoms with Gasteiger partial charge in [-0.1, -0.05) is 60.1 Å². The van der Waals surface area contributed by atoms with E-state index < -0.39 is 35.0 Å². The van der Waals surface area contributed by atoms with Crippen LogP contribution in [0.4, 0.5) is 26.3 Å². The predicted octanol–water partition coefficient (Wildman–Crippen LogP) is 8.07. The molecule has 1 heterocycles. The van der Waals surface area contributed by atoms with Gasteiger partial charge in [0.15, 0.2) is 0 Å². The second-order valence-electron chi connectivity index (χ2n) is 8.66. The van der Waals surface area contributed by atoms with E-state index in [0.29, 0.717) is 35.0 Å². The van der Waals surface area contributed by atoms with Gasteiger partial charge in [0.05, 0.1) is 17.7 Å². The minimum absolute atomic E-state index is 0.00701. The summed E-state index contributed by atoms with van der Waals surface area (Å²) in [6.45, 7) is 0.258. The van der Waals surface area contributed by atoms with Crippen molar-refractivity contribution in [3.05, 3.63) is 130 Å². The molecular weight excluding hydrogens is 530 g/mol. The number of carbonyl (C=O) groups is 1. The second kappa shape index (κ2) is 10.9. The highest BCUT2D eigenvalue weighted by Gasteiger charge is 2.38. The molecule has 0 aliphatic heterocycles. The molecule has 1 amide bonds. The molecule has 1 aromatic heterocycles. The molecule has 3 aromatic carbocycles. The monoisotopic (exact) mass is 550 g/mol. The molecule has 10 heteroatoms. The molecule has 0 saturated heterocycles. The van der Waals surface area contributed by atoms with E-state index in [0.717, 1.165) is 5.56 Å². The summed E-state index contributed by atoms with van der Waals surface area (Å²) in [6.07, 6.45) is -8.37. The summed E-state index contributed by atoms with van der Waals surface area (Å²) >= 11 is 6.28. The molecule has 0 unspecified atom stereocenters. The molecule has 4 aromatic rings. The van der Waals surface area contributed by atoms with Crippen LogP contribution in [0.25, 0.3) is 0 Å². The summed E-state index contributed by atoms with van der Waals surface area (Å²) < 4.78 is 82.5. The lowest BCUT2D eigenvalue weighted by Gasteiger charge is -2.25. The Bertz CT molecular complexity index is 1380.